The highest BCUT2D eigenvalue weighted by molar-refractivity contribution is 5.28. The molecule has 0 amide bonds. The minimum atomic E-state index is 0.198. The van der Waals surface area contributed by atoms with Crippen LogP contribution in [-0.4, -0.2) is 19.2 Å². The highest BCUT2D eigenvalue weighted by atomic mass is 16.5. The number of benzene rings is 1. The summed E-state index contributed by atoms with van der Waals surface area (Å²) in [6.45, 7) is 8.53. The second-order valence-electron chi connectivity index (χ2n) is 6.43. The Kier molecular flexibility index (Phi) is 6.06. The summed E-state index contributed by atoms with van der Waals surface area (Å²) in [5.74, 6) is 0.764. The first-order chi connectivity index (χ1) is 9.66. The fourth-order valence-corrected chi connectivity index (χ4v) is 2.49. The molecule has 0 saturated heterocycles. The third kappa shape index (κ3) is 5.26. The molecule has 2 rings (SSSR count). The minimum absolute atomic E-state index is 0.198. The molecular formula is C18H29NO. The molecule has 20 heavy (non-hydrogen) atoms. The number of rotatable bonds is 9. The molecule has 1 N–H and O–H groups in total. The van der Waals surface area contributed by atoms with E-state index in [2.05, 4.69) is 50.4 Å². The summed E-state index contributed by atoms with van der Waals surface area (Å²) >= 11 is 0. The van der Waals surface area contributed by atoms with Gasteiger partial charge in [-0.1, -0.05) is 38.1 Å². The SMILES string of the molecule is Cc1ccccc1C(CNC1CC1)OCCCC(C)C. The zero-order valence-corrected chi connectivity index (χ0v) is 13.2. The molecule has 0 aliphatic heterocycles. The number of hydrogen-bond acceptors (Lipinski definition) is 2. The van der Waals surface area contributed by atoms with Gasteiger partial charge in [0.25, 0.3) is 0 Å². The van der Waals surface area contributed by atoms with Gasteiger partial charge in [0.15, 0.2) is 0 Å². The van der Waals surface area contributed by atoms with Gasteiger partial charge in [0.2, 0.25) is 0 Å². The van der Waals surface area contributed by atoms with E-state index in [1.165, 1.54) is 30.4 Å². The highest BCUT2D eigenvalue weighted by Crippen LogP contribution is 2.24. The van der Waals surface area contributed by atoms with Gasteiger partial charge in [-0.05, 0) is 49.7 Å². The molecule has 1 aliphatic rings. The summed E-state index contributed by atoms with van der Waals surface area (Å²) in [6, 6.07) is 9.33. The molecule has 1 fully saturated rings. The lowest BCUT2D eigenvalue weighted by Gasteiger charge is -2.21. The van der Waals surface area contributed by atoms with Crippen LogP contribution in [0.1, 0.15) is 56.8 Å². The number of hydrogen-bond donors (Lipinski definition) is 1. The Morgan fingerprint density at radius 1 is 1.25 bits per heavy atom. The molecule has 0 spiro atoms. The van der Waals surface area contributed by atoms with E-state index in [4.69, 9.17) is 4.74 Å². The number of ether oxygens (including phenoxy) is 1. The summed E-state index contributed by atoms with van der Waals surface area (Å²) in [4.78, 5) is 0. The van der Waals surface area contributed by atoms with Crippen molar-refractivity contribution in [3.05, 3.63) is 35.4 Å². The van der Waals surface area contributed by atoms with Crippen LogP contribution in [0.3, 0.4) is 0 Å². The van der Waals surface area contributed by atoms with Gasteiger partial charge in [-0.2, -0.15) is 0 Å². The minimum Gasteiger partial charge on any atom is -0.372 e. The maximum absolute atomic E-state index is 6.18. The molecule has 0 aromatic heterocycles. The van der Waals surface area contributed by atoms with Gasteiger partial charge in [-0.25, -0.2) is 0 Å². The fraction of sp³-hybridized carbons (Fsp3) is 0.667. The van der Waals surface area contributed by atoms with E-state index >= 15 is 0 Å². The van der Waals surface area contributed by atoms with Crippen molar-refractivity contribution in [3.8, 4) is 0 Å². The number of nitrogens with one attached hydrogen (secondary N) is 1. The molecule has 1 atom stereocenters. The summed E-state index contributed by atoms with van der Waals surface area (Å²) in [5.41, 5.74) is 2.67. The van der Waals surface area contributed by atoms with Crippen LogP contribution in [0.4, 0.5) is 0 Å². The van der Waals surface area contributed by atoms with Crippen molar-refractivity contribution in [2.75, 3.05) is 13.2 Å². The van der Waals surface area contributed by atoms with Crippen molar-refractivity contribution in [3.63, 3.8) is 0 Å². The predicted molar refractivity (Wildman–Crippen MR) is 85.0 cm³/mol. The molecule has 0 bridgehead atoms. The summed E-state index contributed by atoms with van der Waals surface area (Å²) in [7, 11) is 0. The lowest BCUT2D eigenvalue weighted by atomic mass is 10.0. The van der Waals surface area contributed by atoms with E-state index in [0.717, 1.165) is 31.5 Å². The Bertz CT molecular complexity index is 398. The molecule has 0 heterocycles. The van der Waals surface area contributed by atoms with E-state index in [1.807, 2.05) is 0 Å². The normalized spacial score (nSPS) is 16.6. The molecule has 2 heteroatoms. The first kappa shape index (κ1) is 15.5. The largest absolute Gasteiger partial charge is 0.372 e. The first-order valence-corrected chi connectivity index (χ1v) is 8.07. The molecule has 0 radical (unpaired) electrons. The van der Waals surface area contributed by atoms with Crippen LogP contribution in [0.2, 0.25) is 0 Å². The van der Waals surface area contributed by atoms with E-state index in [-0.39, 0.29) is 6.10 Å². The van der Waals surface area contributed by atoms with Crippen LogP contribution in [0.25, 0.3) is 0 Å². The average molecular weight is 275 g/mol. The summed E-state index contributed by atoms with van der Waals surface area (Å²) < 4.78 is 6.18. The van der Waals surface area contributed by atoms with Gasteiger partial charge in [0, 0.05) is 19.2 Å². The van der Waals surface area contributed by atoms with Crippen LogP contribution >= 0.6 is 0 Å². The third-order valence-electron chi connectivity index (χ3n) is 3.95. The fourth-order valence-electron chi connectivity index (χ4n) is 2.49. The maximum Gasteiger partial charge on any atom is 0.0951 e. The Hall–Kier alpha value is -0.860. The van der Waals surface area contributed by atoms with Crippen molar-refractivity contribution < 1.29 is 4.74 Å². The van der Waals surface area contributed by atoms with E-state index in [9.17, 15) is 0 Å². The third-order valence-corrected chi connectivity index (χ3v) is 3.95. The van der Waals surface area contributed by atoms with Crippen molar-refractivity contribution >= 4 is 0 Å². The predicted octanol–water partition coefficient (Wildman–Crippen LogP) is 4.24. The molecule has 1 aromatic carbocycles. The van der Waals surface area contributed by atoms with Crippen molar-refractivity contribution in [2.24, 2.45) is 5.92 Å². The van der Waals surface area contributed by atoms with Crippen LogP contribution in [0.15, 0.2) is 24.3 Å². The standard InChI is InChI=1S/C18H29NO/c1-14(2)7-6-12-20-18(13-19-16-10-11-16)17-9-5-4-8-15(17)3/h4-5,8-9,14,16,18-19H,6-7,10-13H2,1-3H3. The van der Waals surface area contributed by atoms with Gasteiger partial charge in [0.05, 0.1) is 6.10 Å². The van der Waals surface area contributed by atoms with Crippen LogP contribution in [0, 0.1) is 12.8 Å². The lowest BCUT2D eigenvalue weighted by Crippen LogP contribution is -2.26. The van der Waals surface area contributed by atoms with Gasteiger partial charge in [-0.3, -0.25) is 0 Å². The monoisotopic (exact) mass is 275 g/mol. The molecule has 1 aromatic rings. The lowest BCUT2D eigenvalue weighted by molar-refractivity contribution is 0.0480. The zero-order chi connectivity index (χ0) is 14.4. The Labute approximate surface area is 123 Å². The van der Waals surface area contributed by atoms with Crippen molar-refractivity contribution in [2.45, 2.75) is 58.6 Å². The Balaban J connectivity index is 1.87. The van der Waals surface area contributed by atoms with Crippen LogP contribution in [-0.2, 0) is 4.74 Å². The van der Waals surface area contributed by atoms with Crippen LogP contribution < -0.4 is 5.32 Å². The van der Waals surface area contributed by atoms with Crippen molar-refractivity contribution in [1.82, 2.24) is 5.32 Å². The molecule has 1 unspecified atom stereocenters. The van der Waals surface area contributed by atoms with Gasteiger partial charge in [-0.15, -0.1) is 0 Å². The van der Waals surface area contributed by atoms with Gasteiger partial charge >= 0.3 is 0 Å². The van der Waals surface area contributed by atoms with Gasteiger partial charge < -0.3 is 10.1 Å². The smallest absolute Gasteiger partial charge is 0.0951 e. The summed E-state index contributed by atoms with van der Waals surface area (Å²) in [5, 5.41) is 3.61. The number of aryl methyl sites for hydroxylation is 1. The summed E-state index contributed by atoms with van der Waals surface area (Å²) in [6.07, 6.45) is 5.26. The topological polar surface area (TPSA) is 21.3 Å². The van der Waals surface area contributed by atoms with E-state index in [0.29, 0.717) is 0 Å². The van der Waals surface area contributed by atoms with Gasteiger partial charge in [0.1, 0.15) is 0 Å². The highest BCUT2D eigenvalue weighted by Gasteiger charge is 2.23. The average Bonchev–Trinajstić information content (AvgIpc) is 3.23. The zero-order valence-electron chi connectivity index (χ0n) is 13.2. The second-order valence-corrected chi connectivity index (χ2v) is 6.43. The Morgan fingerprint density at radius 2 is 2.00 bits per heavy atom. The molecule has 1 aliphatic carbocycles. The maximum atomic E-state index is 6.18. The van der Waals surface area contributed by atoms with Crippen LogP contribution in [0.5, 0.6) is 0 Å². The second kappa shape index (κ2) is 7.80. The first-order valence-electron chi connectivity index (χ1n) is 8.07. The van der Waals surface area contributed by atoms with E-state index in [1.54, 1.807) is 0 Å². The van der Waals surface area contributed by atoms with E-state index < -0.39 is 0 Å². The quantitative estimate of drug-likeness (QED) is 0.681. The molecular weight excluding hydrogens is 246 g/mol. The Morgan fingerprint density at radius 3 is 2.65 bits per heavy atom. The molecule has 112 valence electrons. The van der Waals surface area contributed by atoms with Crippen molar-refractivity contribution in [1.29, 1.82) is 0 Å². The molecule has 2 nitrogen and oxygen atoms in total. The molecule has 1 saturated carbocycles.